The number of carbonyl (C=O) groups excluding carboxylic acids is 2. The van der Waals surface area contributed by atoms with Gasteiger partial charge in [-0.05, 0) is 30.3 Å². The maximum absolute atomic E-state index is 12.0. The molecule has 1 N–H and O–H groups in total. The summed E-state index contributed by atoms with van der Waals surface area (Å²) in [7, 11) is 3.37. The van der Waals surface area contributed by atoms with E-state index in [4.69, 9.17) is 11.6 Å². The minimum absolute atomic E-state index is 0.0207. The van der Waals surface area contributed by atoms with Gasteiger partial charge in [0.2, 0.25) is 5.91 Å². The van der Waals surface area contributed by atoms with E-state index in [0.717, 1.165) is 10.9 Å². The molecular weight excluding hydrogens is 290 g/mol. The molecular formula is C15H16ClN3O2. The van der Waals surface area contributed by atoms with Crippen LogP contribution in [0.25, 0.3) is 10.9 Å². The van der Waals surface area contributed by atoms with Crippen molar-refractivity contribution in [2.75, 3.05) is 20.6 Å². The summed E-state index contributed by atoms with van der Waals surface area (Å²) in [5.41, 5.74) is 1.27. The minimum Gasteiger partial charge on any atom is -0.352 e. The molecule has 6 heteroatoms. The molecule has 0 fully saturated rings. The van der Waals surface area contributed by atoms with Gasteiger partial charge >= 0.3 is 0 Å². The molecule has 0 bridgehead atoms. The van der Waals surface area contributed by atoms with E-state index in [-0.39, 0.29) is 18.2 Å². The molecule has 5 nitrogen and oxygen atoms in total. The van der Waals surface area contributed by atoms with E-state index in [1.54, 1.807) is 38.4 Å². The Morgan fingerprint density at radius 2 is 2.00 bits per heavy atom. The minimum atomic E-state index is -0.210. The van der Waals surface area contributed by atoms with Crippen LogP contribution in [0.2, 0.25) is 5.15 Å². The third kappa shape index (κ3) is 3.92. The number of hydrogen-bond acceptors (Lipinski definition) is 3. The number of fused-ring (bicyclic) bond motifs is 1. The zero-order valence-electron chi connectivity index (χ0n) is 11.9. The van der Waals surface area contributed by atoms with Crippen LogP contribution in [-0.4, -0.2) is 42.3 Å². The van der Waals surface area contributed by atoms with E-state index in [0.29, 0.717) is 17.3 Å². The molecule has 2 aromatic rings. The first-order valence-electron chi connectivity index (χ1n) is 6.52. The summed E-state index contributed by atoms with van der Waals surface area (Å²) in [5.74, 6) is -0.231. The lowest BCUT2D eigenvalue weighted by Crippen LogP contribution is -2.30. The number of halogens is 1. The number of nitrogens with one attached hydrogen (secondary N) is 1. The second-order valence-electron chi connectivity index (χ2n) is 4.84. The quantitative estimate of drug-likeness (QED) is 0.880. The first-order chi connectivity index (χ1) is 9.97. The van der Waals surface area contributed by atoms with Crippen LogP contribution >= 0.6 is 11.6 Å². The Morgan fingerprint density at radius 1 is 1.24 bits per heavy atom. The average molecular weight is 306 g/mol. The van der Waals surface area contributed by atoms with Crippen LogP contribution < -0.4 is 5.32 Å². The predicted octanol–water partition coefficient (Wildman–Crippen LogP) is 2.10. The van der Waals surface area contributed by atoms with Crippen LogP contribution in [0.15, 0.2) is 30.3 Å². The highest BCUT2D eigenvalue weighted by atomic mass is 35.5. The van der Waals surface area contributed by atoms with Crippen molar-refractivity contribution in [3.05, 3.63) is 41.0 Å². The van der Waals surface area contributed by atoms with Gasteiger partial charge in [-0.2, -0.15) is 0 Å². The fraction of sp³-hybridized carbons (Fsp3) is 0.267. The van der Waals surface area contributed by atoms with E-state index in [1.807, 2.05) is 6.07 Å². The Kier molecular flexibility index (Phi) is 4.75. The number of pyridine rings is 1. The zero-order valence-corrected chi connectivity index (χ0v) is 12.6. The van der Waals surface area contributed by atoms with Gasteiger partial charge in [0.15, 0.2) is 0 Å². The molecule has 0 saturated carbocycles. The zero-order chi connectivity index (χ0) is 15.4. The van der Waals surface area contributed by atoms with Crippen LogP contribution in [-0.2, 0) is 4.79 Å². The molecule has 2 rings (SSSR count). The van der Waals surface area contributed by atoms with Crippen LogP contribution in [0.3, 0.4) is 0 Å². The number of carbonyl (C=O) groups is 2. The monoisotopic (exact) mass is 305 g/mol. The predicted molar refractivity (Wildman–Crippen MR) is 82.4 cm³/mol. The Balaban J connectivity index is 2.03. The van der Waals surface area contributed by atoms with Gasteiger partial charge in [0, 0.05) is 38.0 Å². The van der Waals surface area contributed by atoms with Crippen LogP contribution in [0.4, 0.5) is 0 Å². The molecule has 1 heterocycles. The number of amides is 2. The van der Waals surface area contributed by atoms with Crippen molar-refractivity contribution < 1.29 is 9.59 Å². The van der Waals surface area contributed by atoms with Gasteiger partial charge in [-0.3, -0.25) is 9.59 Å². The summed E-state index contributed by atoms with van der Waals surface area (Å²) in [4.78, 5) is 29.1. The van der Waals surface area contributed by atoms with E-state index in [2.05, 4.69) is 10.3 Å². The number of aromatic nitrogens is 1. The van der Waals surface area contributed by atoms with E-state index < -0.39 is 0 Å². The molecule has 0 unspecified atom stereocenters. The molecule has 2 amide bonds. The van der Waals surface area contributed by atoms with Crippen molar-refractivity contribution in [2.45, 2.75) is 6.42 Å². The molecule has 0 radical (unpaired) electrons. The SMILES string of the molecule is CN(C)C(=O)CCNC(=O)c1ccc2nc(Cl)ccc2c1. The highest BCUT2D eigenvalue weighted by molar-refractivity contribution is 6.29. The van der Waals surface area contributed by atoms with Crippen molar-refractivity contribution in [3.8, 4) is 0 Å². The van der Waals surface area contributed by atoms with Gasteiger partial charge in [0.25, 0.3) is 5.91 Å². The van der Waals surface area contributed by atoms with E-state index in [1.165, 1.54) is 4.90 Å². The number of rotatable bonds is 4. The van der Waals surface area contributed by atoms with Crippen molar-refractivity contribution in [2.24, 2.45) is 0 Å². The third-order valence-electron chi connectivity index (χ3n) is 3.04. The lowest BCUT2D eigenvalue weighted by Gasteiger charge is -2.10. The van der Waals surface area contributed by atoms with Crippen molar-refractivity contribution >= 4 is 34.3 Å². The highest BCUT2D eigenvalue weighted by Gasteiger charge is 2.08. The van der Waals surface area contributed by atoms with Gasteiger partial charge in [0.05, 0.1) is 5.52 Å². The Bertz CT molecular complexity index is 686. The Morgan fingerprint density at radius 3 is 2.71 bits per heavy atom. The molecule has 0 aliphatic rings. The second kappa shape index (κ2) is 6.54. The van der Waals surface area contributed by atoms with Gasteiger partial charge in [0.1, 0.15) is 5.15 Å². The lowest BCUT2D eigenvalue weighted by atomic mass is 10.1. The van der Waals surface area contributed by atoms with Crippen LogP contribution in [0.1, 0.15) is 16.8 Å². The molecule has 0 aliphatic heterocycles. The lowest BCUT2D eigenvalue weighted by molar-refractivity contribution is -0.128. The summed E-state index contributed by atoms with van der Waals surface area (Å²) in [5, 5.41) is 3.99. The van der Waals surface area contributed by atoms with E-state index >= 15 is 0 Å². The Hall–Kier alpha value is -2.14. The van der Waals surface area contributed by atoms with Crippen molar-refractivity contribution in [3.63, 3.8) is 0 Å². The molecule has 1 aromatic heterocycles. The Labute approximate surface area is 127 Å². The van der Waals surface area contributed by atoms with Crippen molar-refractivity contribution in [1.82, 2.24) is 15.2 Å². The van der Waals surface area contributed by atoms with Crippen LogP contribution in [0.5, 0.6) is 0 Å². The summed E-state index contributed by atoms with van der Waals surface area (Å²) in [6.07, 6.45) is 0.281. The molecule has 0 atom stereocenters. The number of benzene rings is 1. The topological polar surface area (TPSA) is 62.3 Å². The second-order valence-corrected chi connectivity index (χ2v) is 5.22. The molecule has 0 spiro atoms. The summed E-state index contributed by atoms with van der Waals surface area (Å²) < 4.78 is 0. The fourth-order valence-corrected chi connectivity index (χ4v) is 2.00. The van der Waals surface area contributed by atoms with E-state index in [9.17, 15) is 9.59 Å². The molecule has 0 aliphatic carbocycles. The molecule has 110 valence electrons. The largest absolute Gasteiger partial charge is 0.352 e. The summed E-state index contributed by atoms with van der Waals surface area (Å²) >= 11 is 5.82. The standard InChI is InChI=1S/C15H16ClN3O2/c1-19(2)14(20)7-8-17-15(21)11-3-5-12-10(9-11)4-6-13(16)18-12/h3-6,9H,7-8H2,1-2H3,(H,17,21). The van der Waals surface area contributed by atoms with Gasteiger partial charge < -0.3 is 10.2 Å². The smallest absolute Gasteiger partial charge is 0.251 e. The van der Waals surface area contributed by atoms with Crippen LogP contribution in [0, 0.1) is 0 Å². The number of hydrogen-bond donors (Lipinski definition) is 1. The molecule has 21 heavy (non-hydrogen) atoms. The maximum atomic E-state index is 12.0. The first kappa shape index (κ1) is 15.3. The first-order valence-corrected chi connectivity index (χ1v) is 6.90. The molecule has 0 saturated heterocycles. The number of nitrogens with zero attached hydrogens (tertiary/aromatic N) is 2. The third-order valence-corrected chi connectivity index (χ3v) is 3.25. The van der Waals surface area contributed by atoms with Gasteiger partial charge in [-0.1, -0.05) is 11.6 Å². The summed E-state index contributed by atoms with van der Waals surface area (Å²) in [6, 6.07) is 8.69. The maximum Gasteiger partial charge on any atom is 0.251 e. The fourth-order valence-electron chi connectivity index (χ4n) is 1.85. The molecule has 1 aromatic carbocycles. The summed E-state index contributed by atoms with van der Waals surface area (Å²) in [6.45, 7) is 0.312. The average Bonchev–Trinajstić information content (AvgIpc) is 2.46. The van der Waals surface area contributed by atoms with Gasteiger partial charge in [-0.15, -0.1) is 0 Å². The van der Waals surface area contributed by atoms with Crippen molar-refractivity contribution in [1.29, 1.82) is 0 Å². The normalized spacial score (nSPS) is 10.4. The highest BCUT2D eigenvalue weighted by Crippen LogP contribution is 2.17. The van der Waals surface area contributed by atoms with Gasteiger partial charge in [-0.25, -0.2) is 4.98 Å².